The summed E-state index contributed by atoms with van der Waals surface area (Å²) in [5.41, 5.74) is 1.62. The van der Waals surface area contributed by atoms with Crippen molar-refractivity contribution >= 4 is 56.1 Å². The monoisotopic (exact) mass is 567 g/mol. The summed E-state index contributed by atoms with van der Waals surface area (Å²) >= 11 is 8.09. The summed E-state index contributed by atoms with van der Waals surface area (Å²) in [6, 6.07) is 22.6. The molecule has 0 unspecified atom stereocenters. The van der Waals surface area contributed by atoms with Gasteiger partial charge in [-0.2, -0.15) is 0 Å². The van der Waals surface area contributed by atoms with Gasteiger partial charge in [-0.3, -0.25) is 9.69 Å². The molecule has 0 atom stereocenters. The smallest absolute Gasteiger partial charge is 0.218 e. The lowest BCUT2D eigenvalue weighted by molar-refractivity contribution is -0.107. The van der Waals surface area contributed by atoms with Crippen LogP contribution >= 0.6 is 34.2 Å². The molecule has 0 bridgehead atoms. The zero-order valence-corrected chi connectivity index (χ0v) is 20.0. The first-order chi connectivity index (χ1) is 14.9. The van der Waals surface area contributed by atoms with Crippen molar-refractivity contribution in [1.29, 1.82) is 0 Å². The lowest BCUT2D eigenvalue weighted by Gasteiger charge is -2.22. The van der Waals surface area contributed by atoms with Crippen molar-refractivity contribution in [3.63, 3.8) is 0 Å². The van der Waals surface area contributed by atoms with E-state index in [0.29, 0.717) is 20.7 Å². The van der Waals surface area contributed by atoms with E-state index in [2.05, 4.69) is 22.6 Å². The van der Waals surface area contributed by atoms with Crippen LogP contribution in [-0.4, -0.2) is 20.6 Å². The van der Waals surface area contributed by atoms with E-state index in [4.69, 9.17) is 16.3 Å². The topological polar surface area (TPSA) is 63.7 Å². The number of rotatable bonds is 9. The van der Waals surface area contributed by atoms with Crippen LogP contribution < -0.4 is 4.90 Å². The molecule has 0 N–H and O–H groups in total. The first-order valence-electron chi connectivity index (χ1n) is 9.22. The lowest BCUT2D eigenvalue weighted by atomic mass is 10.2. The fraction of sp³-hybridized carbons (Fsp3) is 0.0870. The van der Waals surface area contributed by atoms with Crippen LogP contribution in [0.1, 0.15) is 5.56 Å². The van der Waals surface area contributed by atoms with Crippen molar-refractivity contribution in [1.82, 2.24) is 0 Å². The molecule has 3 aromatic rings. The predicted molar refractivity (Wildman–Crippen MR) is 131 cm³/mol. The van der Waals surface area contributed by atoms with Crippen LogP contribution in [0.5, 0.6) is 0 Å². The van der Waals surface area contributed by atoms with Crippen LogP contribution in [0.3, 0.4) is 0 Å². The van der Waals surface area contributed by atoms with Gasteiger partial charge in [-0.15, -0.1) is 0 Å². The number of halogens is 2. The molecule has 0 radical (unpaired) electrons. The van der Waals surface area contributed by atoms with Crippen LogP contribution in [-0.2, 0) is 26.0 Å². The van der Waals surface area contributed by atoms with Crippen LogP contribution in [0.15, 0.2) is 95.7 Å². The Morgan fingerprint density at radius 2 is 1.65 bits per heavy atom. The highest BCUT2D eigenvalue weighted by Crippen LogP contribution is 2.29. The zero-order valence-electron chi connectivity index (χ0n) is 16.3. The van der Waals surface area contributed by atoms with Crippen molar-refractivity contribution in [2.45, 2.75) is 11.5 Å². The van der Waals surface area contributed by atoms with E-state index in [1.54, 1.807) is 36.4 Å². The number of benzene rings is 3. The number of carbonyl (C=O) groups is 1. The quantitative estimate of drug-likeness (QED) is 0.196. The molecule has 3 rings (SSSR count). The maximum atomic E-state index is 13.0. The van der Waals surface area contributed by atoms with Crippen molar-refractivity contribution in [2.24, 2.45) is 0 Å². The Kier molecular flexibility index (Phi) is 8.11. The summed E-state index contributed by atoms with van der Waals surface area (Å²) in [7, 11) is -3.72. The van der Waals surface area contributed by atoms with Crippen LogP contribution in [0.2, 0.25) is 5.02 Å². The van der Waals surface area contributed by atoms with E-state index < -0.39 is 15.6 Å². The van der Waals surface area contributed by atoms with Crippen molar-refractivity contribution < 1.29 is 17.9 Å². The van der Waals surface area contributed by atoms with Gasteiger partial charge in [-0.25, -0.2) is 8.42 Å². The Morgan fingerprint density at radius 1 is 1.00 bits per heavy atom. The predicted octanol–water partition coefficient (Wildman–Crippen LogP) is 5.44. The van der Waals surface area contributed by atoms with E-state index in [0.717, 1.165) is 5.56 Å². The molecule has 0 aliphatic carbocycles. The molecule has 0 spiro atoms. The second kappa shape index (κ2) is 10.8. The van der Waals surface area contributed by atoms with E-state index >= 15 is 0 Å². The van der Waals surface area contributed by atoms with Gasteiger partial charge in [0.1, 0.15) is 12.9 Å². The highest BCUT2D eigenvalue weighted by atomic mass is 127. The maximum absolute atomic E-state index is 13.0. The first-order valence-corrected chi connectivity index (χ1v) is 12.3. The van der Waals surface area contributed by atoms with Gasteiger partial charge in [0.15, 0.2) is 9.84 Å². The molecule has 0 fully saturated rings. The molecule has 31 heavy (non-hydrogen) atoms. The van der Waals surface area contributed by atoms with Crippen molar-refractivity contribution in [3.05, 3.63) is 105 Å². The van der Waals surface area contributed by atoms with Crippen molar-refractivity contribution in [2.75, 3.05) is 10.7 Å². The molecule has 3 aromatic carbocycles. The largest absolute Gasteiger partial charge is 0.495 e. The minimum atomic E-state index is -3.72. The summed E-state index contributed by atoms with van der Waals surface area (Å²) in [6.45, 7) is 0.236. The van der Waals surface area contributed by atoms with Gasteiger partial charge < -0.3 is 4.74 Å². The molecule has 0 saturated heterocycles. The molecule has 160 valence electrons. The fourth-order valence-corrected chi connectivity index (χ4v) is 5.30. The van der Waals surface area contributed by atoms with E-state index in [9.17, 15) is 13.2 Å². The zero-order chi connectivity index (χ0) is 22.3. The number of anilines is 1. The minimum absolute atomic E-state index is 0.167. The van der Waals surface area contributed by atoms with E-state index in [1.807, 2.05) is 30.3 Å². The number of sulfone groups is 1. The second-order valence-electron chi connectivity index (χ2n) is 6.55. The molecule has 0 aliphatic rings. The first kappa shape index (κ1) is 23.3. The second-order valence-corrected chi connectivity index (χ2v) is 10.1. The van der Waals surface area contributed by atoms with Gasteiger partial charge in [0.2, 0.25) is 6.41 Å². The van der Waals surface area contributed by atoms with Crippen LogP contribution in [0.25, 0.3) is 0 Å². The van der Waals surface area contributed by atoms with Crippen molar-refractivity contribution in [3.8, 4) is 0 Å². The Morgan fingerprint density at radius 3 is 2.26 bits per heavy atom. The maximum Gasteiger partial charge on any atom is 0.218 e. The van der Waals surface area contributed by atoms with Gasteiger partial charge >= 0.3 is 0 Å². The Bertz CT molecular complexity index is 1170. The van der Waals surface area contributed by atoms with Gasteiger partial charge in [-0.1, -0.05) is 60.1 Å². The molecular weight excluding hydrogens is 549 g/mol. The van der Waals surface area contributed by atoms with Crippen LogP contribution in [0.4, 0.5) is 5.69 Å². The normalized spacial score (nSPS) is 11.7. The number of hydrogen-bond acceptors (Lipinski definition) is 4. The third-order valence-corrected chi connectivity index (χ3v) is 7.10. The van der Waals surface area contributed by atoms with Gasteiger partial charge in [0.25, 0.3) is 0 Å². The molecule has 0 aromatic heterocycles. The number of amides is 1. The number of hydrogen-bond donors (Lipinski definition) is 0. The molecule has 8 heteroatoms. The Labute approximate surface area is 200 Å². The van der Waals surface area contributed by atoms with Gasteiger partial charge in [-0.05, 0) is 58.5 Å². The Balaban J connectivity index is 1.96. The minimum Gasteiger partial charge on any atom is -0.495 e. The Hall–Kier alpha value is -2.36. The average molecular weight is 568 g/mol. The molecular formula is C23H19ClINO4S. The van der Waals surface area contributed by atoms with Gasteiger partial charge in [0.05, 0.1) is 22.0 Å². The fourth-order valence-electron chi connectivity index (χ4n) is 2.83. The summed E-state index contributed by atoms with van der Waals surface area (Å²) < 4.78 is 32.4. The highest BCUT2D eigenvalue weighted by Gasteiger charge is 2.23. The average Bonchev–Trinajstić information content (AvgIpc) is 2.76. The molecule has 0 saturated carbocycles. The SMILES string of the molecule is O=CN(/C(=C/OCc1ccccc1)CS(=O)(=O)c1ccccc1)c1ccc(Cl)cc1I. The standard InChI is InChI=1S/C23H19ClINO4S/c24-19-11-12-23(22(25)13-19)26(17-27)20(15-30-14-18-7-3-1-4-8-18)16-31(28,29)21-9-5-2-6-10-21/h1-13,15,17H,14,16H2/b20-15+. The summed E-state index contributed by atoms with van der Waals surface area (Å²) in [5, 5.41) is 0.516. The molecule has 0 aliphatic heterocycles. The number of nitrogens with zero attached hydrogens (tertiary/aromatic N) is 1. The lowest BCUT2D eigenvalue weighted by Crippen LogP contribution is -2.27. The van der Waals surface area contributed by atoms with E-state index in [1.165, 1.54) is 23.3 Å². The summed E-state index contributed by atoms with van der Waals surface area (Å²) in [4.78, 5) is 13.5. The molecule has 1 amide bonds. The summed E-state index contributed by atoms with van der Waals surface area (Å²) in [6.07, 6.45) is 1.90. The molecule has 5 nitrogen and oxygen atoms in total. The number of carbonyl (C=O) groups excluding carboxylic acids is 1. The highest BCUT2D eigenvalue weighted by molar-refractivity contribution is 14.1. The molecule has 0 heterocycles. The van der Waals surface area contributed by atoms with Gasteiger partial charge in [0, 0.05) is 8.59 Å². The van der Waals surface area contributed by atoms with E-state index in [-0.39, 0.29) is 17.2 Å². The third kappa shape index (κ3) is 6.32. The summed E-state index contributed by atoms with van der Waals surface area (Å²) in [5.74, 6) is -0.413. The third-order valence-electron chi connectivity index (χ3n) is 4.34. The number of ether oxygens (including phenoxy) is 1. The van der Waals surface area contributed by atoms with Crippen LogP contribution in [0, 0.1) is 3.57 Å².